The van der Waals surface area contributed by atoms with Crippen molar-refractivity contribution >= 4 is 34.9 Å². The van der Waals surface area contributed by atoms with Gasteiger partial charge in [-0.3, -0.25) is 4.79 Å². The number of carbonyl (C=O) groups is 1. The van der Waals surface area contributed by atoms with Crippen LogP contribution in [-0.2, 0) is 4.79 Å². The maximum Gasteiger partial charge on any atom is 0.435 e. The maximum atomic E-state index is 12.4. The first kappa shape index (κ1) is 13.7. The summed E-state index contributed by atoms with van der Waals surface area (Å²) in [5.74, 6) is 0.0239. The lowest BCUT2D eigenvalue weighted by Gasteiger charge is -2.12. The number of amidine groups is 2. The number of likely N-dealkylation sites (tertiary alicyclic amines) is 1. The number of carbonyl (C=O) groups excluding carboxylic acids is 1. The largest absolute Gasteiger partial charge is 0.497 e. The highest BCUT2D eigenvalue weighted by Gasteiger charge is 2.37. The Morgan fingerprint density at radius 2 is 2.05 bits per heavy atom. The van der Waals surface area contributed by atoms with E-state index in [-0.39, 0.29) is 17.5 Å². The van der Waals surface area contributed by atoms with Crippen LogP contribution in [-0.4, -0.2) is 46.1 Å². The summed E-state index contributed by atoms with van der Waals surface area (Å²) in [4.78, 5) is 25.5. The van der Waals surface area contributed by atoms with Gasteiger partial charge in [-0.15, -0.1) is 0 Å². The summed E-state index contributed by atoms with van der Waals surface area (Å²) in [7, 11) is 0. The number of halogens is 1. The Kier molecular flexibility index (Phi) is 3.64. The predicted octanol–water partition coefficient (Wildman–Crippen LogP) is 1.79. The Balaban J connectivity index is 1.94. The van der Waals surface area contributed by atoms with Crippen LogP contribution in [0.3, 0.4) is 0 Å². The second-order valence-corrected chi connectivity index (χ2v) is 5.27. The van der Waals surface area contributed by atoms with Gasteiger partial charge in [-0.1, -0.05) is 17.7 Å². The van der Waals surface area contributed by atoms with Crippen molar-refractivity contribution in [3.05, 3.63) is 40.4 Å². The zero-order valence-electron chi connectivity index (χ0n) is 11.2. The SMILES string of the molecule is [N-]=[N+]=C1N=C(c2cccc(Cl)c2)N=C1C(=O)N1CCCC1. The van der Waals surface area contributed by atoms with Gasteiger partial charge in [-0.05, 0) is 36.0 Å². The second-order valence-electron chi connectivity index (χ2n) is 4.83. The smallest absolute Gasteiger partial charge is 0.435 e. The third-order valence-corrected chi connectivity index (χ3v) is 3.65. The molecular formula is C14H12ClN5O. The van der Waals surface area contributed by atoms with E-state index < -0.39 is 0 Å². The van der Waals surface area contributed by atoms with E-state index in [2.05, 4.69) is 14.8 Å². The summed E-state index contributed by atoms with van der Waals surface area (Å²) in [5, 5.41) is 0.548. The monoisotopic (exact) mass is 301 g/mol. The molecule has 0 radical (unpaired) electrons. The average molecular weight is 302 g/mol. The van der Waals surface area contributed by atoms with Crippen molar-refractivity contribution in [2.45, 2.75) is 12.8 Å². The van der Waals surface area contributed by atoms with Gasteiger partial charge in [0.2, 0.25) is 5.71 Å². The minimum absolute atomic E-state index is 0.0538. The Morgan fingerprint density at radius 3 is 2.71 bits per heavy atom. The van der Waals surface area contributed by atoms with Gasteiger partial charge in [-0.25, -0.2) is 0 Å². The van der Waals surface area contributed by atoms with Crippen LogP contribution in [0.2, 0.25) is 5.02 Å². The molecule has 1 saturated heterocycles. The summed E-state index contributed by atoms with van der Waals surface area (Å²) in [6, 6.07) is 6.99. The van der Waals surface area contributed by atoms with E-state index in [0.717, 1.165) is 12.8 Å². The molecule has 1 fully saturated rings. The van der Waals surface area contributed by atoms with Gasteiger partial charge >= 0.3 is 5.84 Å². The molecule has 2 aliphatic heterocycles. The van der Waals surface area contributed by atoms with Gasteiger partial charge in [0, 0.05) is 23.7 Å². The van der Waals surface area contributed by atoms with Gasteiger partial charge in [0.15, 0.2) is 0 Å². The van der Waals surface area contributed by atoms with Crippen LogP contribution in [0.15, 0.2) is 34.3 Å². The molecule has 21 heavy (non-hydrogen) atoms. The summed E-state index contributed by atoms with van der Waals surface area (Å²) in [6.07, 6.45) is 1.96. The number of benzene rings is 1. The van der Waals surface area contributed by atoms with Crippen molar-refractivity contribution < 1.29 is 9.58 Å². The zero-order valence-corrected chi connectivity index (χ0v) is 11.9. The number of rotatable bonds is 2. The van der Waals surface area contributed by atoms with Crippen LogP contribution in [0.25, 0.3) is 5.53 Å². The van der Waals surface area contributed by atoms with Crippen molar-refractivity contribution in [1.29, 1.82) is 0 Å². The Bertz CT molecular complexity index is 712. The fourth-order valence-corrected chi connectivity index (χ4v) is 2.56. The molecule has 2 aliphatic rings. The number of hydrogen-bond donors (Lipinski definition) is 0. The third-order valence-electron chi connectivity index (χ3n) is 3.41. The molecule has 3 rings (SSSR count). The maximum absolute atomic E-state index is 12.4. The van der Waals surface area contributed by atoms with Gasteiger partial charge in [0.25, 0.3) is 11.7 Å². The van der Waals surface area contributed by atoms with Crippen molar-refractivity contribution in [2.75, 3.05) is 13.1 Å². The first-order chi connectivity index (χ1) is 10.2. The molecule has 2 heterocycles. The van der Waals surface area contributed by atoms with Crippen molar-refractivity contribution in [3.63, 3.8) is 0 Å². The molecule has 7 heteroatoms. The van der Waals surface area contributed by atoms with Gasteiger partial charge in [0.1, 0.15) is 0 Å². The molecule has 6 nitrogen and oxygen atoms in total. The molecule has 0 N–H and O–H groups in total. The van der Waals surface area contributed by atoms with E-state index >= 15 is 0 Å². The normalized spacial score (nSPS) is 17.6. The molecule has 1 aromatic carbocycles. The molecule has 1 amide bonds. The lowest BCUT2D eigenvalue weighted by atomic mass is 10.2. The van der Waals surface area contributed by atoms with Crippen LogP contribution >= 0.6 is 11.6 Å². The molecule has 0 saturated carbocycles. The first-order valence-electron chi connectivity index (χ1n) is 6.64. The lowest BCUT2D eigenvalue weighted by Crippen LogP contribution is -2.37. The first-order valence-corrected chi connectivity index (χ1v) is 7.02. The summed E-state index contributed by atoms with van der Waals surface area (Å²) >= 11 is 5.94. The second kappa shape index (κ2) is 5.60. The Hall–Kier alpha value is -2.30. The van der Waals surface area contributed by atoms with Gasteiger partial charge < -0.3 is 15.2 Å². The Labute approximate surface area is 126 Å². The average Bonchev–Trinajstić information content (AvgIpc) is 3.16. The molecule has 0 bridgehead atoms. The third kappa shape index (κ3) is 2.63. The molecule has 0 atom stereocenters. The molecule has 106 valence electrons. The Morgan fingerprint density at radius 1 is 1.29 bits per heavy atom. The number of nitrogens with zero attached hydrogens (tertiary/aromatic N) is 5. The topological polar surface area (TPSA) is 81.4 Å². The summed E-state index contributed by atoms with van der Waals surface area (Å²) in [6.45, 7) is 1.39. The number of aliphatic imine (C=N–C) groups is 2. The van der Waals surface area contributed by atoms with Crippen molar-refractivity contribution in [1.82, 2.24) is 4.90 Å². The molecule has 0 aromatic heterocycles. The van der Waals surface area contributed by atoms with Crippen molar-refractivity contribution in [3.8, 4) is 0 Å². The van der Waals surface area contributed by atoms with E-state index in [1.54, 1.807) is 29.2 Å². The minimum atomic E-state index is -0.249. The number of hydrogen-bond acceptors (Lipinski definition) is 2. The molecule has 0 spiro atoms. The van der Waals surface area contributed by atoms with Crippen LogP contribution in [0.5, 0.6) is 0 Å². The van der Waals surface area contributed by atoms with E-state index in [0.29, 0.717) is 29.5 Å². The highest BCUT2D eigenvalue weighted by Crippen LogP contribution is 2.16. The lowest BCUT2D eigenvalue weighted by molar-refractivity contribution is -0.123. The van der Waals surface area contributed by atoms with Crippen LogP contribution in [0, 0.1) is 0 Å². The van der Waals surface area contributed by atoms with E-state index in [1.165, 1.54) is 0 Å². The summed E-state index contributed by atoms with van der Waals surface area (Å²) in [5.41, 5.74) is 9.80. The van der Waals surface area contributed by atoms with E-state index in [1.807, 2.05) is 0 Å². The van der Waals surface area contributed by atoms with Gasteiger partial charge in [0.05, 0.1) is 0 Å². The van der Waals surface area contributed by atoms with Gasteiger partial charge in [-0.2, -0.15) is 4.99 Å². The highest BCUT2D eigenvalue weighted by molar-refractivity contribution is 6.68. The quantitative estimate of drug-likeness (QED) is 0.605. The molecule has 0 aliphatic carbocycles. The molecule has 1 aromatic rings. The predicted molar refractivity (Wildman–Crippen MR) is 79.9 cm³/mol. The molecule has 0 unspecified atom stereocenters. The van der Waals surface area contributed by atoms with E-state index in [9.17, 15) is 4.79 Å². The summed E-state index contributed by atoms with van der Waals surface area (Å²) < 4.78 is 0. The van der Waals surface area contributed by atoms with Crippen LogP contribution < -0.4 is 0 Å². The van der Waals surface area contributed by atoms with Crippen LogP contribution in [0.1, 0.15) is 18.4 Å². The van der Waals surface area contributed by atoms with Crippen molar-refractivity contribution in [2.24, 2.45) is 9.98 Å². The van der Waals surface area contributed by atoms with Crippen LogP contribution in [0.4, 0.5) is 0 Å². The molecular weight excluding hydrogens is 290 g/mol. The highest BCUT2D eigenvalue weighted by atomic mass is 35.5. The van der Waals surface area contributed by atoms with E-state index in [4.69, 9.17) is 17.1 Å². The number of amides is 1. The fraction of sp³-hybridized carbons (Fsp3) is 0.286. The standard InChI is InChI=1S/C14H12ClN5O/c15-10-5-3-4-9(8-10)12-17-11(13(18-12)19-16)14(21)20-6-1-2-7-20/h3-5,8H,1-2,6-7H2. The minimum Gasteiger partial charge on any atom is -0.497 e. The fourth-order valence-electron chi connectivity index (χ4n) is 2.37. The zero-order chi connectivity index (χ0) is 14.8.